The number of nitrogens with one attached hydrogen (secondary N) is 1. The van der Waals surface area contributed by atoms with E-state index in [0.29, 0.717) is 5.69 Å². The number of nitrogens with zero attached hydrogens (tertiary/aromatic N) is 5. The second-order valence-electron chi connectivity index (χ2n) is 4.34. The number of pyridine rings is 1. The van der Waals surface area contributed by atoms with E-state index in [4.69, 9.17) is 0 Å². The van der Waals surface area contributed by atoms with Gasteiger partial charge in [-0.25, -0.2) is 14.5 Å². The van der Waals surface area contributed by atoms with Crippen LogP contribution in [0.4, 0.5) is 5.69 Å². The Hall–Kier alpha value is -2.90. The van der Waals surface area contributed by atoms with E-state index >= 15 is 0 Å². The highest BCUT2D eigenvalue weighted by atomic mass is 16.2. The summed E-state index contributed by atoms with van der Waals surface area (Å²) in [5.74, 6) is -0.318. The van der Waals surface area contributed by atoms with E-state index in [1.807, 2.05) is 10.6 Å². The highest BCUT2D eigenvalue weighted by Crippen LogP contribution is 2.10. The van der Waals surface area contributed by atoms with Crippen molar-refractivity contribution in [3.63, 3.8) is 0 Å². The molecule has 20 heavy (non-hydrogen) atoms. The Balaban J connectivity index is 1.75. The van der Waals surface area contributed by atoms with Crippen LogP contribution in [0.1, 0.15) is 0 Å². The van der Waals surface area contributed by atoms with Crippen molar-refractivity contribution in [1.82, 2.24) is 23.7 Å². The number of fused-ring (bicyclic) bond motifs is 1. The van der Waals surface area contributed by atoms with Crippen LogP contribution < -0.4 is 11.0 Å². The zero-order valence-corrected chi connectivity index (χ0v) is 10.7. The molecule has 3 aromatic heterocycles. The molecule has 3 aromatic rings. The summed E-state index contributed by atoms with van der Waals surface area (Å²) in [5.41, 5.74) is 1.03. The lowest BCUT2D eigenvalue weighted by Crippen LogP contribution is -2.29. The highest BCUT2D eigenvalue weighted by Gasteiger charge is 2.08. The molecule has 0 bridgehead atoms. The Morgan fingerprint density at radius 3 is 3.00 bits per heavy atom. The first kappa shape index (κ1) is 12.2. The quantitative estimate of drug-likeness (QED) is 0.719. The van der Waals surface area contributed by atoms with Crippen molar-refractivity contribution in [2.24, 2.45) is 7.05 Å². The fraction of sp³-hybridized carbons (Fsp3) is 0.167. The van der Waals surface area contributed by atoms with Crippen LogP contribution in [0.2, 0.25) is 0 Å². The Bertz CT molecular complexity index is 828. The standard InChI is InChI=1S/C12H12N6O2/c1-16-8-14-18(12(16)20)7-11(19)15-9-2-4-17-5-3-13-10(17)6-9/h2-6,8H,7H2,1H3,(H,15,19). The van der Waals surface area contributed by atoms with Crippen molar-refractivity contribution in [3.05, 3.63) is 47.5 Å². The molecule has 0 aliphatic heterocycles. The maximum absolute atomic E-state index is 11.9. The minimum atomic E-state index is -0.330. The molecule has 0 unspecified atom stereocenters. The van der Waals surface area contributed by atoms with E-state index in [2.05, 4.69) is 15.4 Å². The molecule has 1 N–H and O–H groups in total. The summed E-state index contributed by atoms with van der Waals surface area (Å²) in [6, 6.07) is 3.51. The van der Waals surface area contributed by atoms with E-state index in [0.717, 1.165) is 10.3 Å². The summed E-state index contributed by atoms with van der Waals surface area (Å²) in [5, 5.41) is 6.54. The van der Waals surface area contributed by atoms with Gasteiger partial charge in [0.1, 0.15) is 18.5 Å². The number of hydrogen-bond acceptors (Lipinski definition) is 4. The van der Waals surface area contributed by atoms with E-state index in [1.165, 1.54) is 10.9 Å². The molecule has 0 fully saturated rings. The molecule has 0 aliphatic rings. The lowest BCUT2D eigenvalue weighted by atomic mass is 10.4. The van der Waals surface area contributed by atoms with Crippen molar-refractivity contribution >= 4 is 17.2 Å². The number of carbonyl (C=O) groups excluding carboxylic acids is 1. The molecule has 8 heteroatoms. The van der Waals surface area contributed by atoms with Gasteiger partial charge in [-0.05, 0) is 6.07 Å². The van der Waals surface area contributed by atoms with Crippen LogP contribution >= 0.6 is 0 Å². The smallest absolute Gasteiger partial charge is 0.324 e. The number of rotatable bonds is 3. The van der Waals surface area contributed by atoms with Crippen molar-refractivity contribution in [3.8, 4) is 0 Å². The average Bonchev–Trinajstić information content (AvgIpc) is 3.00. The second kappa shape index (κ2) is 4.65. The first-order chi connectivity index (χ1) is 9.63. The number of carbonyl (C=O) groups is 1. The fourth-order valence-corrected chi connectivity index (χ4v) is 1.85. The minimum Gasteiger partial charge on any atom is -0.324 e. The third-order valence-corrected chi connectivity index (χ3v) is 2.86. The molecule has 0 aromatic carbocycles. The van der Waals surface area contributed by atoms with Crippen molar-refractivity contribution in [2.45, 2.75) is 6.54 Å². The molecule has 0 saturated heterocycles. The maximum atomic E-state index is 11.9. The van der Waals surface area contributed by atoms with Gasteiger partial charge in [0.15, 0.2) is 0 Å². The van der Waals surface area contributed by atoms with Crippen molar-refractivity contribution < 1.29 is 4.79 Å². The van der Waals surface area contributed by atoms with E-state index in [1.54, 1.807) is 31.6 Å². The molecule has 8 nitrogen and oxygen atoms in total. The Labute approximate surface area is 113 Å². The van der Waals surface area contributed by atoms with Gasteiger partial charge in [-0.1, -0.05) is 0 Å². The number of anilines is 1. The molecule has 0 spiro atoms. The predicted octanol–water partition coefficient (Wildman–Crippen LogP) is -0.132. The summed E-state index contributed by atoms with van der Waals surface area (Å²) >= 11 is 0. The van der Waals surface area contributed by atoms with Crippen molar-refractivity contribution in [2.75, 3.05) is 5.32 Å². The van der Waals surface area contributed by atoms with E-state index in [-0.39, 0.29) is 18.1 Å². The number of amides is 1. The predicted molar refractivity (Wildman–Crippen MR) is 71.3 cm³/mol. The molecule has 1 amide bonds. The van der Waals surface area contributed by atoms with Gasteiger partial charge in [0.05, 0.1) is 0 Å². The van der Waals surface area contributed by atoms with Crippen molar-refractivity contribution in [1.29, 1.82) is 0 Å². The highest BCUT2D eigenvalue weighted by molar-refractivity contribution is 5.90. The molecular weight excluding hydrogens is 260 g/mol. The third kappa shape index (κ3) is 2.18. The van der Waals surface area contributed by atoms with Gasteiger partial charge >= 0.3 is 5.69 Å². The zero-order valence-electron chi connectivity index (χ0n) is 10.7. The van der Waals surface area contributed by atoms with Crippen LogP contribution in [0.15, 0.2) is 41.8 Å². The van der Waals surface area contributed by atoms with Gasteiger partial charge in [0, 0.05) is 37.4 Å². The SMILES string of the molecule is Cn1cnn(CC(=O)Nc2ccn3ccnc3c2)c1=O. The normalized spacial score (nSPS) is 10.8. The molecular formula is C12H12N6O2. The maximum Gasteiger partial charge on any atom is 0.345 e. The molecule has 0 aliphatic carbocycles. The third-order valence-electron chi connectivity index (χ3n) is 2.86. The van der Waals surface area contributed by atoms with Crippen LogP contribution in [-0.4, -0.2) is 29.6 Å². The zero-order chi connectivity index (χ0) is 14.1. The molecule has 102 valence electrons. The van der Waals surface area contributed by atoms with Gasteiger partial charge in [-0.15, -0.1) is 0 Å². The van der Waals surface area contributed by atoms with Crippen LogP contribution in [0, 0.1) is 0 Å². The molecule has 3 rings (SSSR count). The number of aryl methyl sites for hydroxylation is 1. The number of hydrogen-bond donors (Lipinski definition) is 1. The monoisotopic (exact) mass is 272 g/mol. The summed E-state index contributed by atoms with van der Waals surface area (Å²) in [6.45, 7) is -0.126. The van der Waals surface area contributed by atoms with Crippen LogP contribution in [0.3, 0.4) is 0 Å². The molecule has 0 atom stereocenters. The Morgan fingerprint density at radius 1 is 1.40 bits per heavy atom. The molecule has 0 saturated carbocycles. The first-order valence-corrected chi connectivity index (χ1v) is 5.94. The molecule has 0 radical (unpaired) electrons. The first-order valence-electron chi connectivity index (χ1n) is 5.94. The average molecular weight is 272 g/mol. The van der Waals surface area contributed by atoms with E-state index in [9.17, 15) is 9.59 Å². The minimum absolute atomic E-state index is 0.126. The second-order valence-corrected chi connectivity index (χ2v) is 4.34. The van der Waals surface area contributed by atoms with Gasteiger partial charge in [-0.2, -0.15) is 5.10 Å². The van der Waals surface area contributed by atoms with Crippen LogP contribution in [-0.2, 0) is 18.4 Å². The number of aromatic nitrogens is 5. The lowest BCUT2D eigenvalue weighted by Gasteiger charge is -2.05. The van der Waals surface area contributed by atoms with Gasteiger partial charge < -0.3 is 9.72 Å². The van der Waals surface area contributed by atoms with E-state index < -0.39 is 0 Å². The largest absolute Gasteiger partial charge is 0.345 e. The van der Waals surface area contributed by atoms with Crippen LogP contribution in [0.5, 0.6) is 0 Å². The van der Waals surface area contributed by atoms with Gasteiger partial charge in [0.2, 0.25) is 5.91 Å². The van der Waals surface area contributed by atoms with Crippen LogP contribution in [0.25, 0.3) is 5.65 Å². The molecule has 3 heterocycles. The summed E-state index contributed by atoms with van der Waals surface area (Å²) in [4.78, 5) is 27.6. The van der Waals surface area contributed by atoms with Gasteiger partial charge in [-0.3, -0.25) is 9.36 Å². The Morgan fingerprint density at radius 2 is 2.25 bits per heavy atom. The lowest BCUT2D eigenvalue weighted by molar-refractivity contribution is -0.117. The number of imidazole rings is 1. The summed E-state index contributed by atoms with van der Waals surface area (Å²) < 4.78 is 4.24. The van der Waals surface area contributed by atoms with Gasteiger partial charge in [0.25, 0.3) is 0 Å². The summed E-state index contributed by atoms with van der Waals surface area (Å²) in [6.07, 6.45) is 6.65. The fourth-order valence-electron chi connectivity index (χ4n) is 1.85. The topological polar surface area (TPSA) is 86.2 Å². The summed E-state index contributed by atoms with van der Waals surface area (Å²) in [7, 11) is 1.58. The Kier molecular flexibility index (Phi) is 2.82.